The van der Waals surface area contributed by atoms with Crippen LogP contribution in [0.4, 0.5) is 0 Å². The van der Waals surface area contributed by atoms with Crippen molar-refractivity contribution in [1.82, 2.24) is 0 Å². The normalized spacial score (nSPS) is 18.5. The fourth-order valence-electron chi connectivity index (χ4n) is 6.54. The van der Waals surface area contributed by atoms with Crippen molar-refractivity contribution in [3.63, 3.8) is 0 Å². The molecule has 0 radical (unpaired) electrons. The molecule has 0 spiro atoms. The van der Waals surface area contributed by atoms with Gasteiger partial charge in [-0.05, 0) is 70.5 Å². The number of aliphatic hydroxyl groups excluding tert-OH is 1. The first-order chi connectivity index (χ1) is 19.7. The van der Waals surface area contributed by atoms with Gasteiger partial charge >= 0.3 is 0 Å². The molecule has 1 N–H and O–H groups in total. The van der Waals surface area contributed by atoms with Crippen LogP contribution in [0.1, 0.15) is 40.2 Å². The topological polar surface area (TPSA) is 47.9 Å². The maximum Gasteiger partial charge on any atom is 0.178 e. The smallest absolute Gasteiger partial charge is 0.178 e. The van der Waals surface area contributed by atoms with Crippen molar-refractivity contribution in [2.75, 3.05) is 20.8 Å². The van der Waals surface area contributed by atoms with Gasteiger partial charge in [-0.1, -0.05) is 72.8 Å². The summed E-state index contributed by atoms with van der Waals surface area (Å²) in [6.07, 6.45) is 5.05. The number of methoxy groups -OCH3 is 2. The Labute approximate surface area is 234 Å². The molecule has 2 aliphatic rings. The number of rotatable bonds is 6. The van der Waals surface area contributed by atoms with E-state index in [1.54, 1.807) is 14.2 Å². The highest BCUT2D eigenvalue weighted by Gasteiger charge is 2.41. The van der Waals surface area contributed by atoms with Crippen LogP contribution in [0.2, 0.25) is 0 Å². The lowest BCUT2D eigenvalue weighted by Gasteiger charge is -2.38. The summed E-state index contributed by atoms with van der Waals surface area (Å²) in [6.45, 7) is 0.109. The number of hydrogen-bond acceptors (Lipinski definition) is 4. The van der Waals surface area contributed by atoms with E-state index in [0.717, 1.165) is 44.7 Å². The third-order valence-corrected chi connectivity index (χ3v) is 8.39. The summed E-state index contributed by atoms with van der Waals surface area (Å²) in [4.78, 5) is 0. The molecule has 0 aromatic heterocycles. The van der Waals surface area contributed by atoms with Gasteiger partial charge in [-0.25, -0.2) is 0 Å². The average Bonchev–Trinajstić information content (AvgIpc) is 3.35. The quantitative estimate of drug-likeness (QED) is 0.246. The van der Waals surface area contributed by atoms with Crippen molar-refractivity contribution in [2.24, 2.45) is 0 Å². The van der Waals surface area contributed by atoms with E-state index in [0.29, 0.717) is 6.42 Å². The zero-order valence-electron chi connectivity index (χ0n) is 22.6. The van der Waals surface area contributed by atoms with Gasteiger partial charge in [0.15, 0.2) is 5.60 Å². The fourth-order valence-corrected chi connectivity index (χ4v) is 6.54. The van der Waals surface area contributed by atoms with Crippen LogP contribution >= 0.6 is 0 Å². The molecule has 1 heterocycles. The molecule has 0 saturated heterocycles. The van der Waals surface area contributed by atoms with Gasteiger partial charge in [-0.15, -0.1) is 0 Å². The van der Waals surface area contributed by atoms with E-state index < -0.39 is 5.60 Å². The number of hydrogen-bond donors (Lipinski definition) is 1. The largest absolute Gasteiger partial charge is 0.497 e. The van der Waals surface area contributed by atoms with Crippen molar-refractivity contribution in [3.8, 4) is 28.4 Å². The second-order valence-electron chi connectivity index (χ2n) is 10.4. The molecule has 40 heavy (non-hydrogen) atoms. The monoisotopic (exact) mass is 526 g/mol. The Morgan fingerprint density at radius 3 is 2.23 bits per heavy atom. The standard InChI is InChI=1S/C36H30O4/c1-38-25-14-12-24(13-15-25)36(23-8-4-3-5-9-23)20-18-31-34-30(19-21-37)27-10-6-7-11-28(27)33(34)29-17-16-26(39-2)22-32(29)35(31)40-36/h3-18,20,22,30,37H,19,21H2,1-2H3. The molecule has 5 aromatic carbocycles. The highest BCUT2D eigenvalue weighted by molar-refractivity contribution is 6.08. The molecule has 1 aliphatic carbocycles. The van der Waals surface area contributed by atoms with Gasteiger partial charge in [0.1, 0.15) is 17.2 Å². The van der Waals surface area contributed by atoms with Crippen molar-refractivity contribution in [1.29, 1.82) is 0 Å². The highest BCUT2D eigenvalue weighted by atomic mass is 16.5. The molecule has 7 rings (SSSR count). The Balaban J connectivity index is 1.54. The second kappa shape index (κ2) is 9.58. The summed E-state index contributed by atoms with van der Waals surface area (Å²) < 4.78 is 18.4. The molecule has 0 bridgehead atoms. The zero-order valence-corrected chi connectivity index (χ0v) is 22.6. The summed E-state index contributed by atoms with van der Waals surface area (Å²) in [5, 5.41) is 12.2. The van der Waals surface area contributed by atoms with Crippen molar-refractivity contribution < 1.29 is 19.3 Å². The predicted molar refractivity (Wildman–Crippen MR) is 159 cm³/mol. The molecule has 4 heteroatoms. The number of ether oxygens (including phenoxy) is 3. The van der Waals surface area contributed by atoms with E-state index in [9.17, 15) is 5.11 Å². The number of fused-ring (bicyclic) bond motifs is 8. The second-order valence-corrected chi connectivity index (χ2v) is 10.4. The minimum atomic E-state index is -0.845. The lowest BCUT2D eigenvalue weighted by Crippen LogP contribution is -2.34. The van der Waals surface area contributed by atoms with Crippen LogP contribution in [0, 0.1) is 0 Å². The van der Waals surface area contributed by atoms with Crippen LogP contribution in [0.25, 0.3) is 28.0 Å². The van der Waals surface area contributed by atoms with E-state index in [2.05, 4.69) is 72.8 Å². The first-order valence-corrected chi connectivity index (χ1v) is 13.6. The molecule has 5 aromatic rings. The fraction of sp³-hybridized carbons (Fsp3) is 0.167. The third kappa shape index (κ3) is 3.56. The Kier molecular flexibility index (Phi) is 5.87. The van der Waals surface area contributed by atoms with Gasteiger partial charge in [0.05, 0.1) is 14.2 Å². The first-order valence-electron chi connectivity index (χ1n) is 13.6. The lowest BCUT2D eigenvalue weighted by molar-refractivity contribution is 0.163. The van der Waals surface area contributed by atoms with Gasteiger partial charge < -0.3 is 19.3 Å². The maximum atomic E-state index is 10.1. The minimum Gasteiger partial charge on any atom is -0.497 e. The SMILES string of the molecule is COc1ccc(C2(c3ccccc3)C=Cc3c4c(c5ccc(OC)cc5c3O2)-c2ccccc2C4CCO)cc1. The van der Waals surface area contributed by atoms with Crippen molar-refractivity contribution >= 4 is 16.8 Å². The Morgan fingerprint density at radius 1 is 0.775 bits per heavy atom. The van der Waals surface area contributed by atoms with Crippen molar-refractivity contribution in [3.05, 3.63) is 131 Å². The van der Waals surface area contributed by atoms with Gasteiger partial charge in [0.25, 0.3) is 0 Å². The first kappa shape index (κ1) is 24.5. The zero-order chi connectivity index (χ0) is 27.3. The van der Waals surface area contributed by atoms with Gasteiger partial charge in [0.2, 0.25) is 0 Å². The maximum absolute atomic E-state index is 10.1. The molecule has 0 fully saturated rings. The Bertz CT molecular complexity index is 1750. The van der Waals surface area contributed by atoms with Crippen LogP contribution < -0.4 is 14.2 Å². The van der Waals surface area contributed by atoms with E-state index >= 15 is 0 Å². The van der Waals surface area contributed by atoms with Crippen LogP contribution in [-0.4, -0.2) is 25.9 Å². The number of aliphatic hydroxyl groups is 1. The van der Waals surface area contributed by atoms with Crippen molar-refractivity contribution in [2.45, 2.75) is 17.9 Å². The van der Waals surface area contributed by atoms with E-state index in [4.69, 9.17) is 14.2 Å². The average molecular weight is 527 g/mol. The van der Waals surface area contributed by atoms with E-state index in [1.165, 1.54) is 22.3 Å². The molecule has 1 aliphatic heterocycles. The predicted octanol–water partition coefficient (Wildman–Crippen LogP) is 7.70. The van der Waals surface area contributed by atoms with E-state index in [-0.39, 0.29) is 12.5 Å². The van der Waals surface area contributed by atoms with E-state index in [1.807, 2.05) is 36.4 Å². The Hall–Kier alpha value is -4.54. The molecule has 2 unspecified atom stereocenters. The summed E-state index contributed by atoms with van der Waals surface area (Å²) in [5.41, 5.74) is 7.17. The van der Waals surface area contributed by atoms with Gasteiger partial charge in [-0.3, -0.25) is 0 Å². The summed E-state index contributed by atoms with van der Waals surface area (Å²) in [7, 11) is 3.37. The molecule has 198 valence electrons. The number of benzene rings is 5. The van der Waals surface area contributed by atoms with Gasteiger partial charge in [-0.2, -0.15) is 0 Å². The Morgan fingerprint density at radius 2 is 1.48 bits per heavy atom. The highest BCUT2D eigenvalue weighted by Crippen LogP contribution is 2.57. The minimum absolute atomic E-state index is 0.0786. The third-order valence-electron chi connectivity index (χ3n) is 8.39. The molecule has 0 saturated carbocycles. The molecule has 0 amide bonds. The molecular weight excluding hydrogens is 496 g/mol. The molecule has 2 atom stereocenters. The molecule has 4 nitrogen and oxygen atoms in total. The summed E-state index contributed by atoms with van der Waals surface area (Å²) in [6, 6.07) is 33.2. The van der Waals surface area contributed by atoms with Crippen LogP contribution in [0.5, 0.6) is 17.2 Å². The van der Waals surface area contributed by atoms with Gasteiger partial charge in [0, 0.05) is 34.6 Å². The summed E-state index contributed by atoms with van der Waals surface area (Å²) >= 11 is 0. The van der Waals surface area contributed by atoms with Crippen LogP contribution in [0.3, 0.4) is 0 Å². The summed E-state index contributed by atoms with van der Waals surface area (Å²) in [5.74, 6) is 2.48. The lowest BCUT2D eigenvalue weighted by atomic mass is 9.80. The van der Waals surface area contributed by atoms with Crippen LogP contribution in [0.15, 0.2) is 103 Å². The molecular formula is C36H30O4. The van der Waals surface area contributed by atoms with Crippen LogP contribution in [-0.2, 0) is 5.60 Å².